The minimum Gasteiger partial charge on any atom is -0.497 e. The van der Waals surface area contributed by atoms with Crippen LogP contribution in [0.25, 0.3) is 0 Å². The van der Waals surface area contributed by atoms with E-state index >= 15 is 0 Å². The minimum atomic E-state index is -0.689. The summed E-state index contributed by atoms with van der Waals surface area (Å²) in [4.78, 5) is 2.39. The smallest absolute Gasteiger partial charge is 0.119 e. The van der Waals surface area contributed by atoms with Crippen LogP contribution >= 0.6 is 0 Å². The molecule has 1 aromatic rings. The maximum Gasteiger partial charge on any atom is 0.119 e. The van der Waals surface area contributed by atoms with Gasteiger partial charge in [0.05, 0.1) is 7.11 Å². The van der Waals surface area contributed by atoms with Crippen LogP contribution in [0.4, 0.5) is 0 Å². The summed E-state index contributed by atoms with van der Waals surface area (Å²) in [6.45, 7) is 7.25. The summed E-state index contributed by atoms with van der Waals surface area (Å²) in [6, 6.07) is 6.06. The lowest BCUT2D eigenvalue weighted by atomic mass is 9.95. The largest absolute Gasteiger partial charge is 0.497 e. The van der Waals surface area contributed by atoms with E-state index < -0.39 is 5.60 Å². The molecule has 20 heavy (non-hydrogen) atoms. The van der Waals surface area contributed by atoms with Gasteiger partial charge in [-0.2, -0.15) is 0 Å². The van der Waals surface area contributed by atoms with E-state index in [1.807, 2.05) is 12.1 Å². The average Bonchev–Trinajstić information content (AvgIpc) is 2.76. The van der Waals surface area contributed by atoms with Crippen molar-refractivity contribution < 1.29 is 9.84 Å². The quantitative estimate of drug-likeness (QED) is 0.831. The Kier molecular flexibility index (Phi) is 5.06. The summed E-state index contributed by atoms with van der Waals surface area (Å²) < 4.78 is 5.27. The maximum absolute atomic E-state index is 11.0. The van der Waals surface area contributed by atoms with E-state index in [0.29, 0.717) is 0 Å². The Bertz CT molecular complexity index is 441. The van der Waals surface area contributed by atoms with Gasteiger partial charge in [-0.25, -0.2) is 0 Å². The predicted molar refractivity (Wildman–Crippen MR) is 82.2 cm³/mol. The summed E-state index contributed by atoms with van der Waals surface area (Å²) in [5.74, 6) is 0.881. The fraction of sp³-hybridized carbons (Fsp3) is 0.647. The Labute approximate surface area is 122 Å². The van der Waals surface area contributed by atoms with Gasteiger partial charge in [-0.3, -0.25) is 0 Å². The van der Waals surface area contributed by atoms with Crippen molar-refractivity contribution in [2.45, 2.75) is 45.1 Å². The van der Waals surface area contributed by atoms with Gasteiger partial charge in [-0.1, -0.05) is 19.9 Å². The maximum atomic E-state index is 11.0. The fourth-order valence-electron chi connectivity index (χ4n) is 3.27. The summed E-state index contributed by atoms with van der Waals surface area (Å²) >= 11 is 0. The van der Waals surface area contributed by atoms with E-state index in [9.17, 15) is 5.11 Å². The lowest BCUT2D eigenvalue weighted by Crippen LogP contribution is -2.40. The second-order valence-electron chi connectivity index (χ2n) is 5.83. The van der Waals surface area contributed by atoms with Crippen molar-refractivity contribution in [3.8, 4) is 5.75 Å². The van der Waals surface area contributed by atoms with Crippen LogP contribution in [0.2, 0.25) is 0 Å². The summed E-state index contributed by atoms with van der Waals surface area (Å²) in [7, 11) is 1.69. The fourth-order valence-corrected chi connectivity index (χ4v) is 3.27. The van der Waals surface area contributed by atoms with Gasteiger partial charge in [-0.15, -0.1) is 0 Å². The highest BCUT2D eigenvalue weighted by atomic mass is 16.5. The Hall–Kier alpha value is -1.06. The normalized spacial score (nSPS) is 21.2. The number of aryl methyl sites for hydroxylation is 1. The van der Waals surface area contributed by atoms with Crippen molar-refractivity contribution in [2.24, 2.45) is 0 Å². The molecule has 0 saturated heterocycles. The zero-order valence-electron chi connectivity index (χ0n) is 13.0. The number of fused-ring (bicyclic) bond motifs is 1. The third kappa shape index (κ3) is 3.15. The van der Waals surface area contributed by atoms with Crippen LogP contribution in [-0.4, -0.2) is 36.8 Å². The first-order valence-electron chi connectivity index (χ1n) is 7.75. The zero-order valence-corrected chi connectivity index (χ0v) is 13.0. The third-order valence-electron chi connectivity index (χ3n) is 4.19. The molecule has 2 rings (SSSR count). The number of benzene rings is 1. The SMILES string of the molecule is CCCN(CCC)CC1(O)CCc2cc(OC)ccc21. The molecule has 1 N–H and O–H groups in total. The van der Waals surface area contributed by atoms with Crippen molar-refractivity contribution in [3.63, 3.8) is 0 Å². The van der Waals surface area contributed by atoms with Gasteiger partial charge in [0.2, 0.25) is 0 Å². The Morgan fingerprint density at radius 3 is 2.55 bits per heavy atom. The molecule has 1 aliphatic rings. The predicted octanol–water partition coefficient (Wildman–Crippen LogP) is 2.95. The molecule has 0 spiro atoms. The molecule has 0 heterocycles. The molecule has 1 atom stereocenters. The number of aliphatic hydroxyl groups is 1. The molecule has 0 aromatic heterocycles. The second-order valence-corrected chi connectivity index (χ2v) is 5.83. The van der Waals surface area contributed by atoms with Crippen LogP contribution in [0.15, 0.2) is 18.2 Å². The van der Waals surface area contributed by atoms with Gasteiger partial charge in [0.25, 0.3) is 0 Å². The van der Waals surface area contributed by atoms with E-state index in [2.05, 4.69) is 24.8 Å². The number of ether oxygens (including phenoxy) is 1. The second kappa shape index (κ2) is 6.59. The Balaban J connectivity index is 2.17. The first-order chi connectivity index (χ1) is 9.62. The monoisotopic (exact) mass is 277 g/mol. The Morgan fingerprint density at radius 2 is 1.95 bits per heavy atom. The van der Waals surface area contributed by atoms with E-state index in [1.165, 1.54) is 5.56 Å². The molecule has 3 heteroatoms. The number of hydrogen-bond donors (Lipinski definition) is 1. The van der Waals surface area contributed by atoms with Crippen LogP contribution in [-0.2, 0) is 12.0 Å². The van der Waals surface area contributed by atoms with E-state index in [0.717, 1.165) is 56.6 Å². The van der Waals surface area contributed by atoms with E-state index in [1.54, 1.807) is 7.11 Å². The minimum absolute atomic E-state index is 0.689. The number of nitrogens with zero attached hydrogens (tertiary/aromatic N) is 1. The molecule has 0 bridgehead atoms. The van der Waals surface area contributed by atoms with Crippen LogP contribution in [0.3, 0.4) is 0 Å². The van der Waals surface area contributed by atoms with Gasteiger partial charge in [0.1, 0.15) is 11.4 Å². The van der Waals surface area contributed by atoms with E-state index in [4.69, 9.17) is 4.74 Å². The first-order valence-corrected chi connectivity index (χ1v) is 7.75. The molecule has 0 aliphatic heterocycles. The number of methoxy groups -OCH3 is 1. The molecular weight excluding hydrogens is 250 g/mol. The van der Waals surface area contributed by atoms with Crippen molar-refractivity contribution >= 4 is 0 Å². The molecule has 0 saturated carbocycles. The average molecular weight is 277 g/mol. The van der Waals surface area contributed by atoms with Gasteiger partial charge in [-0.05, 0) is 62.0 Å². The summed E-state index contributed by atoms with van der Waals surface area (Å²) in [5.41, 5.74) is 1.64. The molecule has 0 fully saturated rings. The lowest BCUT2D eigenvalue weighted by molar-refractivity contribution is 0.000503. The van der Waals surface area contributed by atoms with Crippen molar-refractivity contribution in [1.29, 1.82) is 0 Å². The Morgan fingerprint density at radius 1 is 1.25 bits per heavy atom. The molecular formula is C17H27NO2. The van der Waals surface area contributed by atoms with Crippen LogP contribution in [0.1, 0.15) is 44.2 Å². The lowest BCUT2D eigenvalue weighted by Gasteiger charge is -2.32. The first kappa shape index (κ1) is 15.3. The molecule has 112 valence electrons. The number of hydrogen-bond acceptors (Lipinski definition) is 3. The summed E-state index contributed by atoms with van der Waals surface area (Å²) in [5, 5.41) is 11.0. The summed E-state index contributed by atoms with van der Waals surface area (Å²) in [6.07, 6.45) is 4.02. The van der Waals surface area contributed by atoms with Crippen LogP contribution in [0.5, 0.6) is 5.75 Å². The van der Waals surface area contributed by atoms with Crippen molar-refractivity contribution in [2.75, 3.05) is 26.7 Å². The third-order valence-corrected chi connectivity index (χ3v) is 4.19. The number of rotatable bonds is 7. The molecule has 1 aromatic carbocycles. The van der Waals surface area contributed by atoms with Gasteiger partial charge >= 0.3 is 0 Å². The highest BCUT2D eigenvalue weighted by Crippen LogP contribution is 2.39. The van der Waals surface area contributed by atoms with Gasteiger partial charge in [0.15, 0.2) is 0 Å². The van der Waals surface area contributed by atoms with Gasteiger partial charge < -0.3 is 14.7 Å². The molecule has 0 amide bonds. The van der Waals surface area contributed by atoms with Crippen LogP contribution in [0, 0.1) is 0 Å². The molecule has 1 aliphatic carbocycles. The topological polar surface area (TPSA) is 32.7 Å². The van der Waals surface area contributed by atoms with Crippen molar-refractivity contribution in [3.05, 3.63) is 29.3 Å². The molecule has 0 radical (unpaired) electrons. The van der Waals surface area contributed by atoms with Crippen LogP contribution < -0.4 is 4.74 Å². The highest BCUT2D eigenvalue weighted by Gasteiger charge is 2.38. The van der Waals surface area contributed by atoms with E-state index in [-0.39, 0.29) is 0 Å². The van der Waals surface area contributed by atoms with Crippen molar-refractivity contribution in [1.82, 2.24) is 4.90 Å². The van der Waals surface area contributed by atoms with Gasteiger partial charge in [0, 0.05) is 6.54 Å². The molecule has 1 unspecified atom stereocenters. The highest BCUT2D eigenvalue weighted by molar-refractivity contribution is 5.42. The molecule has 3 nitrogen and oxygen atoms in total. The standard InChI is InChI=1S/C17H27NO2/c1-4-10-18(11-5-2)13-17(19)9-8-14-12-15(20-3)6-7-16(14)17/h6-7,12,19H,4-5,8-11,13H2,1-3H3. The zero-order chi connectivity index (χ0) is 14.6.